The van der Waals surface area contributed by atoms with Crippen molar-refractivity contribution in [3.8, 4) is 0 Å². The highest BCUT2D eigenvalue weighted by molar-refractivity contribution is 5.71. The molecule has 0 rings (SSSR count). The number of aliphatic carboxylic acids is 1. The van der Waals surface area contributed by atoms with Crippen LogP contribution in [0.1, 0.15) is 322 Å². The van der Waals surface area contributed by atoms with Gasteiger partial charge in [-0.3, -0.25) is 9.59 Å². The third-order valence-corrected chi connectivity index (χ3v) is 14.7. The Labute approximate surface area is 465 Å². The first-order chi connectivity index (χ1) is 36.6. The van der Waals surface area contributed by atoms with Crippen LogP contribution < -0.4 is 0 Å². The van der Waals surface area contributed by atoms with E-state index in [2.05, 4.69) is 38.2 Å². The highest BCUT2D eigenvalue weighted by Crippen LogP contribution is 2.18. The Morgan fingerprint density at radius 2 is 0.680 bits per heavy atom. The van der Waals surface area contributed by atoms with Crippen molar-refractivity contribution in [2.24, 2.45) is 0 Å². The summed E-state index contributed by atoms with van der Waals surface area (Å²) in [5.41, 5.74) is 0. The van der Waals surface area contributed by atoms with Crippen LogP contribution in [-0.4, -0.2) is 87.4 Å². The third kappa shape index (κ3) is 59.3. The molecular weight excluding hydrogens is 935 g/mol. The molecule has 1 N–H and O–H groups in total. The number of likely N-dealkylation sites (N-methyl/N-ethyl adjacent to an activating group) is 1. The van der Waals surface area contributed by atoms with Gasteiger partial charge in [-0.05, 0) is 64.2 Å². The molecule has 0 aromatic carbocycles. The Bertz CT molecular complexity index is 1280. The van der Waals surface area contributed by atoms with Crippen LogP contribution in [0.4, 0.5) is 0 Å². The van der Waals surface area contributed by atoms with Crippen molar-refractivity contribution >= 4 is 17.9 Å². The van der Waals surface area contributed by atoms with Gasteiger partial charge in [-0.1, -0.05) is 269 Å². The fraction of sp³-hybridized carbons (Fsp3) is 0.894. The molecule has 0 heterocycles. The molecule has 0 aromatic heterocycles. The SMILES string of the molecule is CCCCCCCCCC/C=C\CCCCCCCCCCCCCCCCCC(=O)OC(COC(=O)CCCCCCCCCCCCC/C=C\CCCCCCCCCC)COC(OCC[N+](C)(C)C)C(=O)O. The van der Waals surface area contributed by atoms with Crippen LogP contribution in [0.3, 0.4) is 0 Å². The second kappa shape index (κ2) is 57.9. The number of quaternary nitrogens is 1. The summed E-state index contributed by atoms with van der Waals surface area (Å²) in [7, 11) is 5.98. The molecule has 0 spiro atoms. The molecule has 9 nitrogen and oxygen atoms in total. The molecule has 442 valence electrons. The highest BCUT2D eigenvalue weighted by Gasteiger charge is 2.25. The van der Waals surface area contributed by atoms with Crippen LogP contribution in [0, 0.1) is 0 Å². The molecule has 2 unspecified atom stereocenters. The van der Waals surface area contributed by atoms with Gasteiger partial charge in [0.15, 0.2) is 6.10 Å². The van der Waals surface area contributed by atoms with Gasteiger partial charge in [0.05, 0.1) is 34.4 Å². The fourth-order valence-electron chi connectivity index (χ4n) is 9.65. The summed E-state index contributed by atoms with van der Waals surface area (Å²) in [6.45, 7) is 4.94. The van der Waals surface area contributed by atoms with Crippen molar-refractivity contribution in [1.82, 2.24) is 0 Å². The maximum atomic E-state index is 12.9. The van der Waals surface area contributed by atoms with E-state index in [9.17, 15) is 19.5 Å². The molecule has 0 aromatic rings. The number of ether oxygens (including phenoxy) is 4. The van der Waals surface area contributed by atoms with Gasteiger partial charge in [0.1, 0.15) is 13.2 Å². The number of hydrogen-bond donors (Lipinski definition) is 1. The van der Waals surface area contributed by atoms with Gasteiger partial charge in [0.2, 0.25) is 0 Å². The smallest absolute Gasteiger partial charge is 0.361 e. The van der Waals surface area contributed by atoms with Crippen LogP contribution in [0.2, 0.25) is 0 Å². The van der Waals surface area contributed by atoms with Gasteiger partial charge in [0, 0.05) is 12.8 Å². The molecule has 0 saturated heterocycles. The molecule has 0 aliphatic carbocycles. The number of carbonyl (C=O) groups excluding carboxylic acids is 2. The van der Waals surface area contributed by atoms with Gasteiger partial charge in [0.25, 0.3) is 6.29 Å². The molecule has 0 saturated carbocycles. The molecular formula is C66H126NO8+. The topological polar surface area (TPSA) is 108 Å². The second-order valence-corrected chi connectivity index (χ2v) is 23.4. The fourth-order valence-corrected chi connectivity index (χ4v) is 9.65. The number of allylic oxidation sites excluding steroid dienone is 4. The van der Waals surface area contributed by atoms with Crippen molar-refractivity contribution in [2.75, 3.05) is 47.5 Å². The quantitative estimate of drug-likeness (QED) is 0.0211. The zero-order valence-corrected chi connectivity index (χ0v) is 50.5. The van der Waals surface area contributed by atoms with Crippen LogP contribution in [-0.2, 0) is 33.3 Å². The van der Waals surface area contributed by atoms with E-state index in [1.165, 1.54) is 257 Å². The number of carboxylic acids is 1. The molecule has 2 atom stereocenters. The molecule has 75 heavy (non-hydrogen) atoms. The molecule has 0 amide bonds. The summed E-state index contributed by atoms with van der Waals surface area (Å²) in [6.07, 6.45) is 67.0. The summed E-state index contributed by atoms with van der Waals surface area (Å²) >= 11 is 0. The number of esters is 2. The van der Waals surface area contributed by atoms with Crippen molar-refractivity contribution in [1.29, 1.82) is 0 Å². The summed E-state index contributed by atoms with van der Waals surface area (Å²) in [5.74, 6) is -1.98. The highest BCUT2D eigenvalue weighted by atomic mass is 16.7. The molecule has 0 aliphatic heterocycles. The normalized spacial score (nSPS) is 12.8. The first-order valence-corrected chi connectivity index (χ1v) is 32.5. The number of carboxylic acid groups (broad SMARTS) is 1. The summed E-state index contributed by atoms with van der Waals surface area (Å²) in [4.78, 5) is 37.5. The Morgan fingerprint density at radius 3 is 0.987 bits per heavy atom. The average Bonchev–Trinajstić information content (AvgIpc) is 3.38. The van der Waals surface area contributed by atoms with E-state index in [1.54, 1.807) is 0 Å². The lowest BCUT2D eigenvalue weighted by Crippen LogP contribution is -2.40. The van der Waals surface area contributed by atoms with Gasteiger partial charge >= 0.3 is 17.9 Å². The Kier molecular flexibility index (Phi) is 56.2. The average molecular weight is 1060 g/mol. The van der Waals surface area contributed by atoms with Gasteiger partial charge in [-0.25, -0.2) is 4.79 Å². The molecule has 0 fully saturated rings. The lowest BCUT2D eigenvalue weighted by atomic mass is 10.0. The van der Waals surface area contributed by atoms with Crippen LogP contribution >= 0.6 is 0 Å². The lowest BCUT2D eigenvalue weighted by Gasteiger charge is -2.25. The Balaban J connectivity index is 4.13. The number of carbonyl (C=O) groups is 3. The maximum Gasteiger partial charge on any atom is 0.361 e. The minimum Gasteiger partial charge on any atom is -0.477 e. The number of hydrogen-bond acceptors (Lipinski definition) is 7. The van der Waals surface area contributed by atoms with E-state index in [0.29, 0.717) is 17.4 Å². The van der Waals surface area contributed by atoms with Gasteiger partial charge < -0.3 is 28.5 Å². The van der Waals surface area contributed by atoms with Crippen LogP contribution in [0.5, 0.6) is 0 Å². The predicted octanol–water partition coefficient (Wildman–Crippen LogP) is 19.5. The van der Waals surface area contributed by atoms with Gasteiger partial charge in [-0.2, -0.15) is 0 Å². The maximum absolute atomic E-state index is 12.9. The summed E-state index contributed by atoms with van der Waals surface area (Å²) in [5, 5.41) is 9.73. The largest absolute Gasteiger partial charge is 0.477 e. The van der Waals surface area contributed by atoms with Crippen molar-refractivity contribution in [3.05, 3.63) is 24.3 Å². The van der Waals surface area contributed by atoms with E-state index in [-0.39, 0.29) is 38.2 Å². The third-order valence-electron chi connectivity index (χ3n) is 14.7. The first kappa shape index (κ1) is 72.8. The molecule has 0 radical (unpaired) electrons. The number of nitrogens with zero attached hydrogens (tertiary/aromatic N) is 1. The van der Waals surface area contributed by atoms with E-state index in [0.717, 1.165) is 38.5 Å². The number of unbranched alkanes of at least 4 members (excludes halogenated alkanes) is 42. The van der Waals surface area contributed by atoms with Crippen LogP contribution in [0.15, 0.2) is 24.3 Å². The van der Waals surface area contributed by atoms with Crippen molar-refractivity contribution in [3.63, 3.8) is 0 Å². The van der Waals surface area contributed by atoms with E-state index in [1.807, 2.05) is 21.1 Å². The van der Waals surface area contributed by atoms with Crippen molar-refractivity contribution in [2.45, 2.75) is 334 Å². The van der Waals surface area contributed by atoms with E-state index < -0.39 is 18.4 Å². The Hall–Kier alpha value is -2.23. The number of rotatable bonds is 61. The molecule has 9 heteroatoms. The summed E-state index contributed by atoms with van der Waals surface area (Å²) < 4.78 is 23.0. The standard InChI is InChI=1S/C66H125NO8/c1-6-8-10-12-14-16-18-20-22-24-26-28-30-31-32-33-35-37-39-41-43-45-47-49-51-53-55-57-64(69)75-62(61-74-66(65(70)71)72-59-58-67(3,4)5)60-73-63(68)56-54-52-50-48-46-44-42-40-38-36-34-29-27-25-23-21-19-17-15-13-11-9-7-2/h24-27,62,66H,6-23,28-61H2,1-5H3/p+1/b26-24-,27-25-. The second-order valence-electron chi connectivity index (χ2n) is 23.4. The minimum atomic E-state index is -1.51. The van der Waals surface area contributed by atoms with Gasteiger partial charge in [-0.15, -0.1) is 0 Å². The van der Waals surface area contributed by atoms with E-state index in [4.69, 9.17) is 18.9 Å². The monoisotopic (exact) mass is 1060 g/mol. The molecule has 0 aliphatic rings. The van der Waals surface area contributed by atoms with Crippen LogP contribution in [0.25, 0.3) is 0 Å². The summed E-state index contributed by atoms with van der Waals surface area (Å²) in [6, 6.07) is 0. The molecule has 0 bridgehead atoms. The first-order valence-electron chi connectivity index (χ1n) is 32.5. The predicted molar refractivity (Wildman–Crippen MR) is 318 cm³/mol. The van der Waals surface area contributed by atoms with E-state index >= 15 is 0 Å². The Morgan fingerprint density at radius 1 is 0.387 bits per heavy atom. The van der Waals surface area contributed by atoms with Crippen molar-refractivity contribution < 1.29 is 42.9 Å². The zero-order valence-electron chi connectivity index (χ0n) is 50.5. The minimum absolute atomic E-state index is 0.177. The zero-order chi connectivity index (χ0) is 54.8. The lowest BCUT2D eigenvalue weighted by molar-refractivity contribution is -0.870.